The number of amides is 1. The highest BCUT2D eigenvalue weighted by Crippen LogP contribution is 2.18. The van der Waals surface area contributed by atoms with Crippen LogP contribution in [0.25, 0.3) is 0 Å². The summed E-state index contributed by atoms with van der Waals surface area (Å²) in [6, 6.07) is 6.43. The molecule has 29 heavy (non-hydrogen) atoms. The van der Waals surface area contributed by atoms with Gasteiger partial charge in [-0.15, -0.1) is 0 Å². The van der Waals surface area contributed by atoms with E-state index in [0.29, 0.717) is 23.0 Å². The Hall–Kier alpha value is -2.65. The number of nitrogens with zero attached hydrogens (tertiary/aromatic N) is 2. The maximum absolute atomic E-state index is 12.4. The van der Waals surface area contributed by atoms with Crippen LogP contribution in [0.2, 0.25) is 0 Å². The van der Waals surface area contributed by atoms with Crippen LogP contribution in [-0.4, -0.2) is 52.7 Å². The van der Waals surface area contributed by atoms with Crippen molar-refractivity contribution < 1.29 is 14.3 Å². The number of hydrogen-bond donors (Lipinski definition) is 2. The second-order valence-electron chi connectivity index (χ2n) is 6.73. The molecule has 2 heterocycles. The Bertz CT molecular complexity index is 942. The Morgan fingerprint density at radius 2 is 2.07 bits per heavy atom. The fraction of sp³-hybridized carbons (Fsp3) is 0.400. The van der Waals surface area contributed by atoms with E-state index < -0.39 is 5.97 Å². The number of carbonyl (C=O) groups excluding carboxylic acids is 2. The van der Waals surface area contributed by atoms with Crippen LogP contribution in [0, 0.1) is 0 Å². The van der Waals surface area contributed by atoms with Gasteiger partial charge in [-0.1, -0.05) is 18.7 Å². The summed E-state index contributed by atoms with van der Waals surface area (Å²) in [6.45, 7) is 4.61. The number of esters is 1. The molecule has 0 radical (unpaired) electrons. The molecule has 1 aromatic carbocycles. The van der Waals surface area contributed by atoms with Gasteiger partial charge in [0.25, 0.3) is 5.56 Å². The van der Waals surface area contributed by atoms with Gasteiger partial charge in [-0.25, -0.2) is 9.78 Å². The molecular weight excluding hydrogens is 392 g/mol. The molecule has 154 valence electrons. The van der Waals surface area contributed by atoms with Crippen LogP contribution in [-0.2, 0) is 22.5 Å². The highest BCUT2D eigenvalue weighted by Gasteiger charge is 2.20. The number of carbonyl (C=O) groups is 2. The van der Waals surface area contributed by atoms with Gasteiger partial charge in [0.1, 0.15) is 0 Å². The topological polar surface area (TPSA) is 104 Å². The zero-order chi connectivity index (χ0) is 20.8. The molecule has 0 aliphatic carbocycles. The van der Waals surface area contributed by atoms with E-state index in [0.717, 1.165) is 37.2 Å². The Balaban J connectivity index is 1.57. The Kier molecular flexibility index (Phi) is 7.05. The molecule has 2 aromatic rings. The lowest BCUT2D eigenvalue weighted by molar-refractivity contribution is -0.113. The van der Waals surface area contributed by atoms with Gasteiger partial charge in [0.15, 0.2) is 5.16 Å². The summed E-state index contributed by atoms with van der Waals surface area (Å²) in [5, 5.41) is 3.21. The van der Waals surface area contributed by atoms with Crippen molar-refractivity contribution in [3.8, 4) is 0 Å². The van der Waals surface area contributed by atoms with E-state index in [-0.39, 0.29) is 17.2 Å². The van der Waals surface area contributed by atoms with E-state index in [4.69, 9.17) is 0 Å². The number of nitrogens with one attached hydrogen (secondary N) is 2. The largest absolute Gasteiger partial charge is 0.465 e. The number of aromatic amines is 1. The second kappa shape index (κ2) is 9.71. The number of aromatic nitrogens is 2. The van der Waals surface area contributed by atoms with Gasteiger partial charge in [-0.05, 0) is 37.2 Å². The molecular formula is C20H24N4O4S. The molecule has 3 rings (SSSR count). The molecule has 0 unspecified atom stereocenters. The molecule has 0 saturated carbocycles. The first kappa shape index (κ1) is 21.1. The number of thioether (sulfide) groups is 1. The van der Waals surface area contributed by atoms with E-state index in [1.54, 1.807) is 24.3 Å². The summed E-state index contributed by atoms with van der Waals surface area (Å²) in [4.78, 5) is 45.6. The molecule has 1 aromatic heterocycles. The monoisotopic (exact) mass is 416 g/mol. The normalized spacial score (nSPS) is 13.6. The summed E-state index contributed by atoms with van der Waals surface area (Å²) in [7, 11) is 1.32. The summed E-state index contributed by atoms with van der Waals surface area (Å²) < 4.78 is 4.64. The molecule has 0 saturated heterocycles. The van der Waals surface area contributed by atoms with Crippen LogP contribution in [0.5, 0.6) is 0 Å². The summed E-state index contributed by atoms with van der Waals surface area (Å²) >= 11 is 1.19. The minimum atomic E-state index is -0.432. The predicted molar refractivity (Wildman–Crippen MR) is 111 cm³/mol. The number of ether oxygens (including phenoxy) is 1. The van der Waals surface area contributed by atoms with Gasteiger partial charge in [0.05, 0.1) is 29.7 Å². The van der Waals surface area contributed by atoms with Crippen molar-refractivity contribution in [1.82, 2.24) is 14.9 Å². The van der Waals surface area contributed by atoms with Gasteiger partial charge in [0.2, 0.25) is 5.91 Å². The Morgan fingerprint density at radius 3 is 2.76 bits per heavy atom. The highest BCUT2D eigenvalue weighted by molar-refractivity contribution is 7.99. The minimum absolute atomic E-state index is 0.114. The number of methoxy groups -OCH3 is 1. The zero-order valence-electron chi connectivity index (χ0n) is 16.5. The van der Waals surface area contributed by atoms with Crippen molar-refractivity contribution in [2.75, 3.05) is 31.3 Å². The zero-order valence-corrected chi connectivity index (χ0v) is 17.3. The fourth-order valence-electron chi connectivity index (χ4n) is 3.17. The van der Waals surface area contributed by atoms with Gasteiger partial charge in [-0.2, -0.15) is 0 Å². The van der Waals surface area contributed by atoms with Crippen molar-refractivity contribution >= 4 is 29.3 Å². The van der Waals surface area contributed by atoms with E-state index in [9.17, 15) is 14.4 Å². The number of hydrogen-bond acceptors (Lipinski definition) is 7. The molecule has 1 aliphatic heterocycles. The van der Waals surface area contributed by atoms with Crippen molar-refractivity contribution in [2.45, 2.75) is 31.5 Å². The van der Waals surface area contributed by atoms with Gasteiger partial charge < -0.3 is 15.0 Å². The molecule has 1 aliphatic rings. The Labute approximate surface area is 173 Å². The molecule has 0 bridgehead atoms. The maximum Gasteiger partial charge on any atom is 0.337 e. The fourth-order valence-corrected chi connectivity index (χ4v) is 3.85. The maximum atomic E-state index is 12.4. The smallest absolute Gasteiger partial charge is 0.337 e. The van der Waals surface area contributed by atoms with Crippen LogP contribution in [0.15, 0.2) is 34.2 Å². The standard InChI is InChI=1S/C20H24N4O4S/c1-3-9-24-10-8-16-15(11-24)18(26)23-20(22-16)29-12-17(25)21-14-6-4-13(5-7-14)19(27)28-2/h4-7H,3,8-12H2,1-2H3,(H,21,25)(H,22,23,26). The molecule has 8 nitrogen and oxygen atoms in total. The SMILES string of the molecule is CCCN1CCc2nc(SCC(=O)Nc3ccc(C(=O)OC)cc3)[nH]c(=O)c2C1. The van der Waals surface area contributed by atoms with E-state index in [1.807, 2.05) is 0 Å². The first-order valence-corrected chi connectivity index (χ1v) is 10.4. The lowest BCUT2D eigenvalue weighted by Crippen LogP contribution is -2.36. The summed E-state index contributed by atoms with van der Waals surface area (Å²) in [6.07, 6.45) is 1.79. The van der Waals surface area contributed by atoms with Crippen LogP contribution >= 0.6 is 11.8 Å². The van der Waals surface area contributed by atoms with Crippen molar-refractivity contribution in [3.63, 3.8) is 0 Å². The summed E-state index contributed by atoms with van der Waals surface area (Å²) in [5.74, 6) is -0.545. The van der Waals surface area contributed by atoms with Crippen LogP contribution in [0.4, 0.5) is 5.69 Å². The molecule has 2 N–H and O–H groups in total. The van der Waals surface area contributed by atoms with Gasteiger partial charge >= 0.3 is 5.97 Å². The number of H-pyrrole nitrogens is 1. The van der Waals surface area contributed by atoms with Crippen LogP contribution in [0.1, 0.15) is 35.0 Å². The molecule has 0 fully saturated rings. The third-order valence-electron chi connectivity index (χ3n) is 4.60. The average molecular weight is 417 g/mol. The van der Waals surface area contributed by atoms with Crippen LogP contribution in [0.3, 0.4) is 0 Å². The van der Waals surface area contributed by atoms with Crippen molar-refractivity contribution in [3.05, 3.63) is 51.4 Å². The number of rotatable bonds is 7. The van der Waals surface area contributed by atoms with E-state index in [1.165, 1.54) is 18.9 Å². The van der Waals surface area contributed by atoms with E-state index >= 15 is 0 Å². The first-order chi connectivity index (χ1) is 14.0. The van der Waals surface area contributed by atoms with Gasteiger partial charge in [-0.3, -0.25) is 14.5 Å². The van der Waals surface area contributed by atoms with Gasteiger partial charge in [0, 0.05) is 25.2 Å². The molecule has 1 amide bonds. The van der Waals surface area contributed by atoms with E-state index in [2.05, 4.69) is 31.8 Å². The quantitative estimate of drug-likeness (QED) is 0.404. The van der Waals surface area contributed by atoms with Crippen molar-refractivity contribution in [1.29, 1.82) is 0 Å². The summed E-state index contributed by atoms with van der Waals surface area (Å²) in [5.41, 5.74) is 2.41. The molecule has 0 spiro atoms. The van der Waals surface area contributed by atoms with Crippen LogP contribution < -0.4 is 10.9 Å². The Morgan fingerprint density at radius 1 is 1.31 bits per heavy atom. The molecule has 9 heteroatoms. The predicted octanol–water partition coefficient (Wildman–Crippen LogP) is 2.06. The van der Waals surface area contributed by atoms with Crippen molar-refractivity contribution in [2.24, 2.45) is 0 Å². The second-order valence-corrected chi connectivity index (χ2v) is 7.69. The number of benzene rings is 1. The average Bonchev–Trinajstić information content (AvgIpc) is 2.73. The first-order valence-electron chi connectivity index (χ1n) is 9.45. The number of fused-ring (bicyclic) bond motifs is 1. The highest BCUT2D eigenvalue weighted by atomic mass is 32.2. The minimum Gasteiger partial charge on any atom is -0.465 e. The lowest BCUT2D eigenvalue weighted by atomic mass is 10.1. The third kappa shape index (κ3) is 5.45. The third-order valence-corrected chi connectivity index (χ3v) is 5.47. The number of anilines is 1. The lowest BCUT2D eigenvalue weighted by Gasteiger charge is -2.27. The molecule has 0 atom stereocenters.